The normalized spacial score (nSPS) is 16.4. The van der Waals surface area contributed by atoms with Gasteiger partial charge in [0.25, 0.3) is 0 Å². The van der Waals surface area contributed by atoms with Gasteiger partial charge >= 0.3 is 0 Å². The first kappa shape index (κ1) is 2.62. The third-order valence-corrected chi connectivity index (χ3v) is 0.996. The predicted molar refractivity (Wildman–Crippen MR) is 32.4 cm³/mol. The molecule has 0 N–H and O–H groups in total. The second-order valence-corrected chi connectivity index (χ2v) is 1.78. The van der Waals surface area contributed by atoms with Crippen LogP contribution in [0.25, 0.3) is 0 Å². The van der Waals surface area contributed by atoms with E-state index in [2.05, 4.69) is 0 Å². The number of aromatic nitrogens is 1. The fraction of sp³-hybridized carbons (Fsp3) is 0.286. The Kier molecular flexibility index (Phi) is 0.639. The molecule has 1 nitrogen and oxygen atoms in total. The van der Waals surface area contributed by atoms with Crippen LogP contribution in [0.1, 0.15) is 9.68 Å². The molecule has 1 aromatic heterocycles. The van der Waals surface area contributed by atoms with Crippen molar-refractivity contribution >= 4 is 0 Å². The van der Waals surface area contributed by atoms with Gasteiger partial charge in [-0.1, -0.05) is 0 Å². The highest BCUT2D eigenvalue weighted by Crippen LogP contribution is 1.87. The van der Waals surface area contributed by atoms with Gasteiger partial charge in [-0.25, -0.2) is 4.57 Å². The molecule has 0 aliphatic rings. The van der Waals surface area contributed by atoms with Crippen LogP contribution in [-0.2, 0) is 6.98 Å². The molecule has 0 saturated carbocycles. The van der Waals surface area contributed by atoms with Gasteiger partial charge in [-0.15, -0.1) is 0 Å². The topological polar surface area (TPSA) is 3.88 Å². The second-order valence-electron chi connectivity index (χ2n) is 1.78. The summed E-state index contributed by atoms with van der Waals surface area (Å²) in [4.78, 5) is 0. The maximum Gasteiger partial charge on any atom is 0.168 e. The first-order valence-electron chi connectivity index (χ1n) is 3.98. The van der Waals surface area contributed by atoms with Crippen LogP contribution >= 0.6 is 0 Å². The van der Waals surface area contributed by atoms with Crippen LogP contribution in [0.4, 0.5) is 0 Å². The summed E-state index contributed by atoms with van der Waals surface area (Å²) in [6.45, 7) is -0.127. The predicted octanol–water partition coefficient (Wildman–Crippen LogP) is 0.820. The number of hydrogen-bond donors (Lipinski definition) is 0. The molecule has 0 atom stereocenters. The van der Waals surface area contributed by atoms with E-state index in [0.717, 1.165) is 5.56 Å². The van der Waals surface area contributed by atoms with Crippen LogP contribution in [0, 0.1) is 6.92 Å². The van der Waals surface area contributed by atoms with Crippen LogP contribution < -0.4 is 4.57 Å². The number of rotatable bonds is 0. The molecule has 0 spiro atoms. The van der Waals surface area contributed by atoms with Crippen molar-refractivity contribution in [3.8, 4) is 0 Å². The summed E-state index contributed by atoms with van der Waals surface area (Å²) in [5.41, 5.74) is 1.06. The summed E-state index contributed by atoms with van der Waals surface area (Å²) in [6.07, 6.45) is 3.12. The quantitative estimate of drug-likeness (QED) is 0.436. The zero-order valence-electron chi connectivity index (χ0n) is 7.76. The lowest BCUT2D eigenvalue weighted by Crippen LogP contribution is -2.25. The van der Waals surface area contributed by atoms with Gasteiger partial charge in [0.1, 0.15) is 11.1 Å². The summed E-state index contributed by atoms with van der Waals surface area (Å²) < 4.78 is 22.3. The fourth-order valence-corrected chi connectivity index (χ4v) is 0.501. The van der Waals surface area contributed by atoms with Crippen LogP contribution in [0.2, 0.25) is 0 Å². The van der Waals surface area contributed by atoms with Crippen LogP contribution in [0.5, 0.6) is 0 Å². The van der Waals surface area contributed by atoms with E-state index in [4.69, 9.17) is 4.11 Å². The molecular weight excluding hydrogens is 98.1 g/mol. The van der Waals surface area contributed by atoms with Crippen molar-refractivity contribution in [1.29, 1.82) is 0 Å². The largest absolute Gasteiger partial charge is 0.208 e. The van der Waals surface area contributed by atoms with Gasteiger partial charge in [-0.2, -0.15) is 0 Å². The number of aryl methyl sites for hydroxylation is 2. The molecule has 8 heavy (non-hydrogen) atoms. The smallest absolute Gasteiger partial charge is 0.168 e. The van der Waals surface area contributed by atoms with E-state index in [-0.39, 0.29) is 0 Å². The molecule has 0 aliphatic heterocycles. The Labute approximate surface area is 53.8 Å². The highest BCUT2D eigenvalue weighted by molar-refractivity contribution is 5.02. The second kappa shape index (κ2) is 1.95. The molecule has 0 aromatic carbocycles. The highest BCUT2D eigenvalue weighted by Gasteiger charge is 1.85. The van der Waals surface area contributed by atoms with E-state index in [9.17, 15) is 0 Å². The first-order valence-corrected chi connectivity index (χ1v) is 2.48. The van der Waals surface area contributed by atoms with Crippen molar-refractivity contribution in [2.45, 2.75) is 6.92 Å². The zero-order valence-corrected chi connectivity index (χ0v) is 4.76. The van der Waals surface area contributed by atoms with Gasteiger partial charge in [0.2, 0.25) is 0 Å². The average Bonchev–Trinajstić information content (AvgIpc) is 1.86. The summed E-state index contributed by atoms with van der Waals surface area (Å²) >= 11 is 0. The zero-order chi connectivity index (χ0) is 8.48. The van der Waals surface area contributed by atoms with E-state index in [1.165, 1.54) is 4.57 Å². The summed E-state index contributed by atoms with van der Waals surface area (Å²) in [6, 6.07) is 3.54. The molecule has 0 unspecified atom stereocenters. The van der Waals surface area contributed by atoms with Gasteiger partial charge in [-0.05, 0) is 12.5 Å². The number of hydrogen-bond acceptors (Lipinski definition) is 0. The van der Waals surface area contributed by atoms with E-state index >= 15 is 0 Å². The van der Waals surface area contributed by atoms with Crippen LogP contribution in [-0.4, -0.2) is 0 Å². The van der Waals surface area contributed by atoms with Crippen LogP contribution in [0.3, 0.4) is 0 Å². The van der Waals surface area contributed by atoms with Crippen molar-refractivity contribution in [2.24, 2.45) is 6.98 Å². The molecule has 0 radical (unpaired) electrons. The SMILES string of the molecule is [2H]C([2H])([2H])[n+]1ccc(C)cc1. The Hall–Kier alpha value is -0.850. The summed E-state index contributed by atoms with van der Waals surface area (Å²) in [5.74, 6) is 0. The van der Waals surface area contributed by atoms with E-state index in [0.29, 0.717) is 0 Å². The lowest BCUT2D eigenvalue weighted by molar-refractivity contribution is -0.671. The van der Waals surface area contributed by atoms with E-state index in [1.807, 2.05) is 6.92 Å². The first-order chi connectivity index (χ1) is 5.00. The van der Waals surface area contributed by atoms with Gasteiger partial charge in [0.15, 0.2) is 12.4 Å². The van der Waals surface area contributed by atoms with Gasteiger partial charge in [0, 0.05) is 12.1 Å². The molecule has 0 amide bonds. The van der Waals surface area contributed by atoms with Gasteiger partial charge in [-0.3, -0.25) is 0 Å². The van der Waals surface area contributed by atoms with Crippen molar-refractivity contribution in [3.05, 3.63) is 30.1 Å². The Morgan fingerprint density at radius 3 is 2.62 bits per heavy atom. The molecule has 1 aromatic rings. The maximum atomic E-state index is 7.04. The van der Waals surface area contributed by atoms with E-state index in [1.54, 1.807) is 24.5 Å². The number of nitrogens with zero attached hydrogens (tertiary/aromatic N) is 1. The van der Waals surface area contributed by atoms with Crippen molar-refractivity contribution in [3.63, 3.8) is 0 Å². The number of pyridine rings is 1. The van der Waals surface area contributed by atoms with Crippen molar-refractivity contribution < 1.29 is 8.68 Å². The third-order valence-electron chi connectivity index (χ3n) is 0.996. The van der Waals surface area contributed by atoms with E-state index < -0.39 is 6.98 Å². The Morgan fingerprint density at radius 2 is 2.12 bits per heavy atom. The van der Waals surface area contributed by atoms with Crippen LogP contribution in [0.15, 0.2) is 24.5 Å². The molecule has 0 bridgehead atoms. The Morgan fingerprint density at radius 1 is 1.50 bits per heavy atom. The Bertz CT molecular complexity index is 237. The average molecular weight is 111 g/mol. The van der Waals surface area contributed by atoms with Gasteiger partial charge in [0.05, 0.1) is 0 Å². The monoisotopic (exact) mass is 111 g/mol. The molecule has 0 fully saturated rings. The molecule has 1 heteroatoms. The maximum absolute atomic E-state index is 7.04. The molecule has 42 valence electrons. The lowest BCUT2D eigenvalue weighted by atomic mass is 10.3. The standard InChI is InChI=1S/C7H10N/c1-7-3-5-8(2)6-4-7/h3-6H,1-2H3/q+1/i2D3. The molecule has 1 rings (SSSR count). The summed E-state index contributed by atoms with van der Waals surface area (Å²) in [5, 5.41) is 0. The minimum Gasteiger partial charge on any atom is -0.208 e. The van der Waals surface area contributed by atoms with Crippen molar-refractivity contribution in [1.82, 2.24) is 0 Å². The molecule has 1 heterocycles. The highest BCUT2D eigenvalue weighted by atomic mass is 14.9. The molecular formula is C7H10N+. The summed E-state index contributed by atoms with van der Waals surface area (Å²) in [7, 11) is 0. The Balaban J connectivity index is 2.99. The minimum atomic E-state index is -2.05. The lowest BCUT2D eigenvalue weighted by Gasteiger charge is -1.85. The third kappa shape index (κ3) is 1.06. The molecule has 0 aliphatic carbocycles. The molecule has 0 saturated heterocycles. The minimum absolute atomic E-state index is 1.06. The van der Waals surface area contributed by atoms with Gasteiger partial charge < -0.3 is 0 Å². The van der Waals surface area contributed by atoms with Crippen molar-refractivity contribution in [2.75, 3.05) is 0 Å². The fourth-order valence-electron chi connectivity index (χ4n) is 0.501.